The largest absolute Gasteiger partial charge is 0.337 e. The van der Waals surface area contributed by atoms with Crippen molar-refractivity contribution < 1.29 is 26.4 Å². The van der Waals surface area contributed by atoms with Gasteiger partial charge < -0.3 is 4.90 Å². The Morgan fingerprint density at radius 1 is 1.29 bits per heavy atom. The molecule has 1 saturated heterocycles. The fraction of sp³-hybridized carbons (Fsp3) is 0.417. The van der Waals surface area contributed by atoms with E-state index in [9.17, 15) is 26.4 Å². The number of nitrogens with one attached hydrogen (secondary N) is 1. The maximum absolute atomic E-state index is 13.6. The van der Waals surface area contributed by atoms with Gasteiger partial charge in [-0.15, -0.1) is 0 Å². The topological polar surface area (TPSA) is 66.5 Å². The minimum atomic E-state index is -3.58. The molecule has 0 saturated carbocycles. The summed E-state index contributed by atoms with van der Waals surface area (Å²) in [5.74, 6) is -5.14. The van der Waals surface area contributed by atoms with E-state index < -0.39 is 44.2 Å². The lowest BCUT2D eigenvalue weighted by atomic mass is 10.1. The number of hydrogen-bond donors (Lipinski definition) is 1. The molecule has 1 aromatic rings. The minimum Gasteiger partial charge on any atom is -0.337 e. The Labute approximate surface area is 119 Å². The number of carbonyl (C=O) groups excluding carboxylic acids is 1. The maximum atomic E-state index is 13.6. The minimum absolute atomic E-state index is 0.0276. The summed E-state index contributed by atoms with van der Waals surface area (Å²) in [7, 11) is -2.34. The van der Waals surface area contributed by atoms with Crippen LogP contribution < -0.4 is 4.72 Å². The monoisotopic (exact) mass is 322 g/mol. The summed E-state index contributed by atoms with van der Waals surface area (Å²) in [6.45, 7) is -0.169. The molecule has 0 aromatic heterocycles. The molecule has 1 aliphatic heterocycles. The van der Waals surface area contributed by atoms with Crippen LogP contribution in [0.3, 0.4) is 0 Å². The number of benzene rings is 1. The Morgan fingerprint density at radius 2 is 1.90 bits per heavy atom. The number of likely N-dealkylation sites (tertiary alicyclic amines) is 1. The molecule has 9 heteroatoms. The summed E-state index contributed by atoms with van der Waals surface area (Å²) < 4.78 is 65.6. The van der Waals surface area contributed by atoms with Gasteiger partial charge in [-0.25, -0.2) is 26.3 Å². The zero-order chi connectivity index (χ0) is 15.8. The Kier molecular flexibility index (Phi) is 4.24. The molecule has 1 N–H and O–H groups in total. The van der Waals surface area contributed by atoms with Gasteiger partial charge in [0.25, 0.3) is 5.91 Å². The maximum Gasteiger partial charge on any atom is 0.259 e. The number of halogens is 3. The van der Waals surface area contributed by atoms with Crippen molar-refractivity contribution in [3.8, 4) is 0 Å². The number of hydrogen-bond acceptors (Lipinski definition) is 3. The highest BCUT2D eigenvalue weighted by Crippen LogP contribution is 2.22. The van der Waals surface area contributed by atoms with E-state index in [0.29, 0.717) is 12.1 Å². The van der Waals surface area contributed by atoms with Gasteiger partial charge in [0, 0.05) is 13.1 Å². The molecule has 5 nitrogen and oxygen atoms in total. The number of sulfonamides is 1. The summed E-state index contributed by atoms with van der Waals surface area (Å²) in [5.41, 5.74) is -1.00. The molecular formula is C12H13F3N2O3S. The van der Waals surface area contributed by atoms with Gasteiger partial charge in [0.2, 0.25) is 10.0 Å². The van der Waals surface area contributed by atoms with Gasteiger partial charge in [-0.05, 0) is 25.6 Å². The van der Waals surface area contributed by atoms with Gasteiger partial charge in [-0.2, -0.15) is 0 Å². The molecule has 0 aliphatic carbocycles. The van der Waals surface area contributed by atoms with Crippen molar-refractivity contribution in [2.24, 2.45) is 0 Å². The molecule has 0 radical (unpaired) electrons. The summed E-state index contributed by atoms with van der Waals surface area (Å²) >= 11 is 0. The SMILES string of the molecule is CNS(=O)(=O)C1CCN(C(=O)c2c(F)ccc(F)c2F)C1. The Balaban J connectivity index is 2.26. The van der Waals surface area contributed by atoms with Crippen LogP contribution in [0.25, 0.3) is 0 Å². The molecule has 1 unspecified atom stereocenters. The highest BCUT2D eigenvalue weighted by atomic mass is 32.2. The van der Waals surface area contributed by atoms with Gasteiger partial charge in [-0.1, -0.05) is 0 Å². The zero-order valence-corrected chi connectivity index (χ0v) is 11.9. The van der Waals surface area contributed by atoms with Crippen LogP contribution in [-0.2, 0) is 10.0 Å². The van der Waals surface area contributed by atoms with Crippen molar-refractivity contribution in [1.29, 1.82) is 0 Å². The van der Waals surface area contributed by atoms with E-state index >= 15 is 0 Å². The Hall–Kier alpha value is -1.61. The molecule has 116 valence electrons. The average Bonchev–Trinajstić information content (AvgIpc) is 2.94. The molecule has 0 spiro atoms. The summed E-state index contributed by atoms with van der Waals surface area (Å²) in [6.07, 6.45) is 0.146. The predicted molar refractivity (Wildman–Crippen MR) is 68.6 cm³/mol. The first-order valence-electron chi connectivity index (χ1n) is 6.13. The number of carbonyl (C=O) groups is 1. The third-order valence-electron chi connectivity index (χ3n) is 3.41. The van der Waals surface area contributed by atoms with E-state index in [2.05, 4.69) is 4.72 Å². The quantitative estimate of drug-likeness (QED) is 0.840. The fourth-order valence-electron chi connectivity index (χ4n) is 2.21. The van der Waals surface area contributed by atoms with E-state index in [1.807, 2.05) is 0 Å². The summed E-state index contributed by atoms with van der Waals surface area (Å²) in [6, 6.07) is 1.24. The molecule has 1 aliphatic rings. The van der Waals surface area contributed by atoms with Gasteiger partial charge in [0.15, 0.2) is 11.6 Å². The molecule has 1 heterocycles. The van der Waals surface area contributed by atoms with E-state index in [1.165, 1.54) is 7.05 Å². The van der Waals surface area contributed by atoms with E-state index in [1.54, 1.807) is 0 Å². The third kappa shape index (κ3) is 2.88. The van der Waals surface area contributed by atoms with Gasteiger partial charge in [0.05, 0.1) is 5.25 Å². The van der Waals surface area contributed by atoms with Crippen molar-refractivity contribution in [3.63, 3.8) is 0 Å². The van der Waals surface area contributed by atoms with E-state index in [-0.39, 0.29) is 19.5 Å². The number of rotatable bonds is 3. The van der Waals surface area contributed by atoms with Crippen LogP contribution >= 0.6 is 0 Å². The first-order chi connectivity index (χ1) is 9.77. The van der Waals surface area contributed by atoms with Crippen LogP contribution in [0, 0.1) is 17.5 Å². The first-order valence-corrected chi connectivity index (χ1v) is 7.67. The standard InChI is InChI=1S/C12H13F3N2O3S/c1-16-21(19,20)7-4-5-17(6-7)12(18)10-8(13)2-3-9(14)11(10)15/h2-3,7,16H,4-6H2,1H3. The second-order valence-corrected chi connectivity index (χ2v) is 6.79. The normalized spacial score (nSPS) is 19.0. The van der Waals surface area contributed by atoms with E-state index in [4.69, 9.17) is 0 Å². The Morgan fingerprint density at radius 3 is 2.52 bits per heavy atom. The highest BCUT2D eigenvalue weighted by Gasteiger charge is 2.36. The van der Waals surface area contributed by atoms with Crippen molar-refractivity contribution in [2.75, 3.05) is 20.1 Å². The molecule has 1 atom stereocenters. The molecular weight excluding hydrogens is 309 g/mol. The molecule has 2 rings (SSSR count). The van der Waals surface area contributed by atoms with Gasteiger partial charge in [-0.3, -0.25) is 4.79 Å². The smallest absolute Gasteiger partial charge is 0.259 e. The summed E-state index contributed by atoms with van der Waals surface area (Å²) in [4.78, 5) is 13.1. The molecule has 21 heavy (non-hydrogen) atoms. The summed E-state index contributed by atoms with van der Waals surface area (Å²) in [5, 5.41) is -0.855. The van der Waals surface area contributed by atoms with Crippen molar-refractivity contribution >= 4 is 15.9 Å². The lowest BCUT2D eigenvalue weighted by Crippen LogP contribution is -2.36. The van der Waals surface area contributed by atoms with Crippen LogP contribution in [0.1, 0.15) is 16.8 Å². The van der Waals surface area contributed by atoms with Crippen LogP contribution in [0.5, 0.6) is 0 Å². The second-order valence-electron chi connectivity index (χ2n) is 4.63. The average molecular weight is 322 g/mol. The van der Waals surface area contributed by atoms with Crippen LogP contribution in [-0.4, -0.2) is 44.6 Å². The second kappa shape index (κ2) is 5.64. The zero-order valence-electron chi connectivity index (χ0n) is 11.1. The van der Waals surface area contributed by atoms with Crippen molar-refractivity contribution in [3.05, 3.63) is 35.1 Å². The molecule has 1 fully saturated rings. The molecule has 0 bridgehead atoms. The van der Waals surface area contributed by atoms with Crippen molar-refractivity contribution in [1.82, 2.24) is 9.62 Å². The van der Waals surface area contributed by atoms with Gasteiger partial charge >= 0.3 is 0 Å². The third-order valence-corrected chi connectivity index (χ3v) is 5.24. The predicted octanol–water partition coefficient (Wildman–Crippen LogP) is 0.868. The molecule has 1 amide bonds. The van der Waals surface area contributed by atoms with Gasteiger partial charge in [0.1, 0.15) is 11.4 Å². The van der Waals surface area contributed by atoms with Crippen LogP contribution in [0.4, 0.5) is 13.2 Å². The first kappa shape index (κ1) is 15.8. The van der Waals surface area contributed by atoms with E-state index in [0.717, 1.165) is 4.90 Å². The number of amides is 1. The Bertz CT molecular complexity index is 679. The van der Waals surface area contributed by atoms with Crippen LogP contribution in [0.2, 0.25) is 0 Å². The molecule has 1 aromatic carbocycles. The lowest BCUT2D eigenvalue weighted by molar-refractivity contribution is 0.0782. The highest BCUT2D eigenvalue weighted by molar-refractivity contribution is 7.90. The van der Waals surface area contributed by atoms with Crippen molar-refractivity contribution in [2.45, 2.75) is 11.7 Å². The number of nitrogens with zero attached hydrogens (tertiary/aromatic N) is 1. The van der Waals surface area contributed by atoms with Crippen LogP contribution in [0.15, 0.2) is 12.1 Å². The lowest BCUT2D eigenvalue weighted by Gasteiger charge is -2.17. The fourth-order valence-corrected chi connectivity index (χ4v) is 3.34.